The van der Waals surface area contributed by atoms with Crippen molar-refractivity contribution in [3.05, 3.63) is 6.33 Å². The van der Waals surface area contributed by atoms with Gasteiger partial charge in [-0.1, -0.05) is 0 Å². The molecule has 3 fully saturated rings. The van der Waals surface area contributed by atoms with Crippen LogP contribution in [0.15, 0.2) is 6.33 Å². The van der Waals surface area contributed by atoms with Crippen molar-refractivity contribution < 1.29 is 28.4 Å². The summed E-state index contributed by atoms with van der Waals surface area (Å²) in [5, 5.41) is 0. The minimum absolute atomic E-state index is 0.0768. The lowest BCUT2D eigenvalue weighted by Crippen LogP contribution is -2.56. The van der Waals surface area contributed by atoms with Gasteiger partial charge in [-0.2, -0.15) is 9.97 Å². The van der Waals surface area contributed by atoms with Crippen LogP contribution in [0, 0.1) is 0 Å². The van der Waals surface area contributed by atoms with Crippen molar-refractivity contribution in [3.8, 4) is 5.88 Å². The molecule has 2 aromatic heterocycles. The van der Waals surface area contributed by atoms with E-state index in [4.69, 9.17) is 34.2 Å². The summed E-state index contributed by atoms with van der Waals surface area (Å²) in [6, 6.07) is 0. The minimum atomic E-state index is -0.769. The summed E-state index contributed by atoms with van der Waals surface area (Å²) in [5.74, 6) is -1.16. The molecule has 0 bridgehead atoms. The van der Waals surface area contributed by atoms with Crippen molar-refractivity contribution in [3.63, 3.8) is 0 Å². The molecule has 3 N–H and O–H groups in total. The van der Waals surface area contributed by atoms with Crippen molar-refractivity contribution in [1.82, 2.24) is 19.9 Å². The lowest BCUT2D eigenvalue weighted by atomic mass is 9.99. The van der Waals surface area contributed by atoms with Gasteiger partial charge in [-0.15, -0.1) is 0 Å². The zero-order chi connectivity index (χ0) is 19.7. The number of nitrogens with two attached hydrogens (primary N) is 1. The van der Waals surface area contributed by atoms with Crippen LogP contribution in [-0.2, 0) is 23.7 Å². The highest BCUT2D eigenvalue weighted by Gasteiger charge is 2.60. The van der Waals surface area contributed by atoms with Gasteiger partial charge in [-0.05, 0) is 27.7 Å². The summed E-state index contributed by atoms with van der Waals surface area (Å²) < 4.78 is 36.1. The summed E-state index contributed by atoms with van der Waals surface area (Å²) in [6.07, 6.45) is -0.639. The Morgan fingerprint density at radius 1 is 1.04 bits per heavy atom. The van der Waals surface area contributed by atoms with E-state index in [1.807, 2.05) is 27.7 Å². The van der Waals surface area contributed by atoms with Crippen molar-refractivity contribution in [2.24, 2.45) is 0 Å². The fourth-order valence-corrected chi connectivity index (χ4v) is 3.92. The number of aromatic amines is 1. The molecule has 5 heterocycles. The number of H-pyrrole nitrogens is 1. The molecule has 0 saturated carbocycles. The lowest BCUT2D eigenvalue weighted by molar-refractivity contribution is -0.238. The molecule has 3 aliphatic heterocycles. The monoisotopic (exact) mass is 393 g/mol. The van der Waals surface area contributed by atoms with Gasteiger partial charge < -0.3 is 39.1 Å². The van der Waals surface area contributed by atoms with Gasteiger partial charge in [0.2, 0.25) is 11.8 Å². The lowest BCUT2D eigenvalue weighted by Gasteiger charge is -2.36. The van der Waals surface area contributed by atoms with E-state index in [2.05, 4.69) is 19.9 Å². The molecule has 0 amide bonds. The van der Waals surface area contributed by atoms with Crippen LogP contribution < -0.4 is 10.5 Å². The standard InChI is InChI=1S/C17H23N5O6/c1-16(2)25-9-7(24-14-11(10(9)26-16)27-17(3,4)28-14)5-23-13-8-12(20-6-19-8)21-15(18)22-13/h6-7,9-11,14H,5H2,1-4H3,(H3,18,19,20,21,22)/t7-,9+,10+,11-,14-/m1/s1. The average molecular weight is 393 g/mol. The molecule has 0 radical (unpaired) electrons. The van der Waals surface area contributed by atoms with Gasteiger partial charge in [0.25, 0.3) is 0 Å². The number of imidazole rings is 1. The van der Waals surface area contributed by atoms with Crippen LogP contribution in [0.5, 0.6) is 5.88 Å². The van der Waals surface area contributed by atoms with Crippen LogP contribution in [-0.4, -0.2) is 68.8 Å². The second-order valence-electron chi connectivity index (χ2n) is 8.01. The highest BCUT2D eigenvalue weighted by molar-refractivity contribution is 5.76. The molecule has 5 rings (SSSR count). The fourth-order valence-electron chi connectivity index (χ4n) is 3.92. The Morgan fingerprint density at radius 3 is 2.57 bits per heavy atom. The Bertz CT molecular complexity index is 901. The van der Waals surface area contributed by atoms with Crippen molar-refractivity contribution in [2.75, 3.05) is 12.3 Å². The Balaban J connectivity index is 1.39. The first kappa shape index (κ1) is 18.0. The van der Waals surface area contributed by atoms with Gasteiger partial charge in [0, 0.05) is 0 Å². The number of fused-ring (bicyclic) bond motifs is 4. The SMILES string of the molecule is CC1(C)O[C@H]2[C@@H](O1)[C@@H](COc1nc(N)nc3nc[nH]c13)O[C@@H]1OC(C)(C)O[C@@H]12. The van der Waals surface area contributed by atoms with E-state index in [0.717, 1.165) is 0 Å². The number of hydrogen-bond donors (Lipinski definition) is 2. The van der Waals surface area contributed by atoms with E-state index in [1.54, 1.807) is 0 Å². The van der Waals surface area contributed by atoms with E-state index >= 15 is 0 Å². The summed E-state index contributed by atoms with van der Waals surface area (Å²) in [5.41, 5.74) is 6.74. The second kappa shape index (κ2) is 5.97. The third-order valence-corrected chi connectivity index (χ3v) is 4.90. The van der Waals surface area contributed by atoms with Gasteiger partial charge in [-0.3, -0.25) is 0 Å². The van der Waals surface area contributed by atoms with Gasteiger partial charge in [0.05, 0.1) is 6.33 Å². The van der Waals surface area contributed by atoms with Crippen molar-refractivity contribution >= 4 is 17.1 Å². The Morgan fingerprint density at radius 2 is 1.75 bits per heavy atom. The molecule has 28 heavy (non-hydrogen) atoms. The van der Waals surface area contributed by atoms with Crippen molar-refractivity contribution in [2.45, 2.75) is 70.0 Å². The molecule has 2 aromatic rings. The van der Waals surface area contributed by atoms with Crippen LogP contribution in [0.25, 0.3) is 11.2 Å². The van der Waals surface area contributed by atoms with Gasteiger partial charge in [0.15, 0.2) is 23.5 Å². The molecular weight excluding hydrogens is 370 g/mol. The Hall–Kier alpha value is -2.05. The average Bonchev–Trinajstić information content (AvgIpc) is 3.25. The quantitative estimate of drug-likeness (QED) is 0.767. The van der Waals surface area contributed by atoms with E-state index in [0.29, 0.717) is 17.0 Å². The molecule has 3 aliphatic rings. The minimum Gasteiger partial charge on any atom is -0.473 e. The Kier molecular flexibility index (Phi) is 3.84. The van der Waals surface area contributed by atoms with E-state index < -0.39 is 24.0 Å². The zero-order valence-electron chi connectivity index (χ0n) is 16.0. The molecule has 11 heteroatoms. The molecule has 0 aromatic carbocycles. The van der Waals surface area contributed by atoms with Crippen LogP contribution >= 0.6 is 0 Å². The molecule has 0 spiro atoms. The summed E-state index contributed by atoms with van der Waals surface area (Å²) in [6.45, 7) is 7.55. The van der Waals surface area contributed by atoms with Crippen LogP contribution in [0.2, 0.25) is 0 Å². The number of aromatic nitrogens is 4. The zero-order valence-corrected chi connectivity index (χ0v) is 16.0. The maximum absolute atomic E-state index is 6.12. The maximum atomic E-state index is 6.12. The largest absolute Gasteiger partial charge is 0.473 e. The normalized spacial score (nSPS) is 35.6. The number of hydrogen-bond acceptors (Lipinski definition) is 10. The van der Waals surface area contributed by atoms with Crippen LogP contribution in [0.3, 0.4) is 0 Å². The van der Waals surface area contributed by atoms with Crippen LogP contribution in [0.1, 0.15) is 27.7 Å². The number of rotatable bonds is 3. The summed E-state index contributed by atoms with van der Waals surface area (Å²) >= 11 is 0. The predicted octanol–water partition coefficient (Wildman–Crippen LogP) is 0.710. The summed E-state index contributed by atoms with van der Waals surface area (Å²) in [7, 11) is 0. The highest BCUT2D eigenvalue weighted by atomic mass is 16.9. The van der Waals surface area contributed by atoms with Gasteiger partial charge >= 0.3 is 0 Å². The number of nitrogen functional groups attached to an aromatic ring is 1. The molecule has 11 nitrogen and oxygen atoms in total. The summed E-state index contributed by atoms with van der Waals surface area (Å²) in [4.78, 5) is 15.2. The number of nitrogens with one attached hydrogen (secondary N) is 1. The molecule has 0 aliphatic carbocycles. The number of anilines is 1. The second-order valence-corrected chi connectivity index (χ2v) is 8.01. The molecule has 0 unspecified atom stereocenters. The smallest absolute Gasteiger partial charge is 0.245 e. The number of nitrogens with zero attached hydrogens (tertiary/aromatic N) is 3. The first-order chi connectivity index (χ1) is 13.2. The van der Waals surface area contributed by atoms with E-state index in [-0.39, 0.29) is 30.9 Å². The van der Waals surface area contributed by atoms with E-state index in [9.17, 15) is 0 Å². The third kappa shape index (κ3) is 2.99. The van der Waals surface area contributed by atoms with Crippen LogP contribution in [0.4, 0.5) is 5.95 Å². The molecule has 152 valence electrons. The highest BCUT2D eigenvalue weighted by Crippen LogP contribution is 2.44. The first-order valence-corrected chi connectivity index (χ1v) is 9.17. The first-order valence-electron chi connectivity index (χ1n) is 9.17. The molecule has 3 saturated heterocycles. The van der Waals surface area contributed by atoms with Gasteiger partial charge in [0.1, 0.15) is 36.5 Å². The van der Waals surface area contributed by atoms with Crippen molar-refractivity contribution in [1.29, 1.82) is 0 Å². The number of ether oxygens (including phenoxy) is 6. The topological polar surface area (TPSA) is 136 Å². The molecular formula is C17H23N5O6. The third-order valence-electron chi connectivity index (χ3n) is 4.90. The predicted molar refractivity (Wildman–Crippen MR) is 94.1 cm³/mol. The molecule has 5 atom stereocenters. The maximum Gasteiger partial charge on any atom is 0.245 e. The Labute approximate surface area is 160 Å². The van der Waals surface area contributed by atoms with E-state index in [1.165, 1.54) is 6.33 Å². The fraction of sp³-hybridized carbons (Fsp3) is 0.706. The van der Waals surface area contributed by atoms with Gasteiger partial charge in [-0.25, -0.2) is 4.98 Å².